The molecular formula is C10H16N2O2. The van der Waals surface area contributed by atoms with E-state index in [1.54, 1.807) is 13.0 Å². The Hall–Kier alpha value is -1.26. The van der Waals surface area contributed by atoms with E-state index in [1.165, 1.54) is 12.1 Å². The lowest BCUT2D eigenvalue weighted by atomic mass is 9.89. The lowest BCUT2D eigenvalue weighted by Gasteiger charge is -2.25. The lowest BCUT2D eigenvalue weighted by Crippen LogP contribution is -2.34. The summed E-state index contributed by atoms with van der Waals surface area (Å²) in [5.74, 6) is 0.129. The fourth-order valence-electron chi connectivity index (χ4n) is 1.41. The maximum atomic E-state index is 9.30. The van der Waals surface area contributed by atoms with Crippen molar-refractivity contribution in [2.45, 2.75) is 18.9 Å². The van der Waals surface area contributed by atoms with Crippen LogP contribution in [0.1, 0.15) is 18.9 Å². The molecule has 0 bridgehead atoms. The minimum atomic E-state index is -0.711. The third-order valence-corrected chi connectivity index (χ3v) is 2.28. The van der Waals surface area contributed by atoms with Crippen LogP contribution >= 0.6 is 0 Å². The van der Waals surface area contributed by atoms with Crippen molar-refractivity contribution in [3.63, 3.8) is 0 Å². The van der Waals surface area contributed by atoms with E-state index in [2.05, 4.69) is 0 Å². The summed E-state index contributed by atoms with van der Waals surface area (Å²) in [7, 11) is 0. The molecule has 1 rings (SSSR count). The van der Waals surface area contributed by atoms with Crippen molar-refractivity contribution in [3.8, 4) is 5.75 Å². The molecule has 0 aliphatic heterocycles. The van der Waals surface area contributed by atoms with Gasteiger partial charge in [0.05, 0.1) is 0 Å². The molecule has 0 unspecified atom stereocenters. The normalized spacial score (nSPS) is 15.1. The number of aliphatic hydroxyl groups is 1. The van der Waals surface area contributed by atoms with Crippen LogP contribution < -0.4 is 11.5 Å². The number of phenolic OH excluding ortho intramolecular Hbond substituents is 1. The molecule has 0 aromatic heterocycles. The smallest absolute Gasteiger partial charge is 0.116 e. The van der Waals surface area contributed by atoms with Gasteiger partial charge >= 0.3 is 0 Å². The first kappa shape index (κ1) is 10.8. The highest BCUT2D eigenvalue weighted by Crippen LogP contribution is 2.29. The van der Waals surface area contributed by atoms with Crippen LogP contribution in [0.5, 0.6) is 5.75 Å². The summed E-state index contributed by atoms with van der Waals surface area (Å²) in [4.78, 5) is 0. The molecule has 4 heteroatoms. The number of benzene rings is 1. The second-order valence-electron chi connectivity index (χ2n) is 3.66. The molecule has 0 saturated carbocycles. The molecule has 78 valence electrons. The van der Waals surface area contributed by atoms with Gasteiger partial charge in [0.2, 0.25) is 0 Å². The van der Waals surface area contributed by atoms with Crippen LogP contribution in [0.15, 0.2) is 18.2 Å². The third-order valence-electron chi connectivity index (χ3n) is 2.28. The quantitative estimate of drug-likeness (QED) is 0.419. The molecule has 14 heavy (non-hydrogen) atoms. The molecule has 0 spiro atoms. The first-order valence-electron chi connectivity index (χ1n) is 4.46. The minimum Gasteiger partial charge on any atom is -0.508 e. The summed E-state index contributed by atoms with van der Waals surface area (Å²) in [6.45, 7) is 1.76. The Balaban J connectivity index is 3.10. The van der Waals surface area contributed by atoms with Gasteiger partial charge in [0, 0.05) is 17.8 Å². The van der Waals surface area contributed by atoms with E-state index in [1.807, 2.05) is 0 Å². The van der Waals surface area contributed by atoms with Gasteiger partial charge in [-0.25, -0.2) is 0 Å². The minimum absolute atomic E-state index is 0.0118. The summed E-state index contributed by atoms with van der Waals surface area (Å²) in [6, 6.07) is 4.64. The Morgan fingerprint density at radius 2 is 2.07 bits per heavy atom. The van der Waals surface area contributed by atoms with Crippen molar-refractivity contribution in [1.29, 1.82) is 0 Å². The van der Waals surface area contributed by atoms with Crippen LogP contribution in [0, 0.1) is 0 Å². The van der Waals surface area contributed by atoms with Crippen LogP contribution in [0.3, 0.4) is 0 Å². The van der Waals surface area contributed by atoms with E-state index in [9.17, 15) is 5.11 Å². The van der Waals surface area contributed by atoms with E-state index in [4.69, 9.17) is 16.6 Å². The summed E-state index contributed by atoms with van der Waals surface area (Å²) < 4.78 is 0. The Kier molecular flexibility index (Phi) is 2.98. The lowest BCUT2D eigenvalue weighted by molar-refractivity contribution is 0.247. The number of aromatic hydroxyl groups is 1. The Labute approximate surface area is 83.2 Å². The number of rotatable bonds is 3. The Bertz CT molecular complexity index is 324. The highest BCUT2D eigenvalue weighted by atomic mass is 16.3. The van der Waals surface area contributed by atoms with Gasteiger partial charge in [-0.3, -0.25) is 0 Å². The molecule has 0 fully saturated rings. The molecule has 0 amide bonds. The monoisotopic (exact) mass is 196 g/mol. The maximum absolute atomic E-state index is 9.30. The third kappa shape index (κ3) is 2.16. The van der Waals surface area contributed by atoms with Crippen molar-refractivity contribution in [2.24, 2.45) is 5.73 Å². The summed E-state index contributed by atoms with van der Waals surface area (Å²) in [5.41, 5.74) is 12.2. The fraction of sp³-hybridized carbons (Fsp3) is 0.400. The molecule has 0 aliphatic carbocycles. The van der Waals surface area contributed by atoms with Crippen molar-refractivity contribution in [1.82, 2.24) is 0 Å². The number of phenols is 1. The van der Waals surface area contributed by atoms with Gasteiger partial charge in [-0.1, -0.05) is 0 Å². The molecule has 4 nitrogen and oxygen atoms in total. The van der Waals surface area contributed by atoms with Crippen LogP contribution in [-0.4, -0.2) is 16.8 Å². The molecule has 0 heterocycles. The van der Waals surface area contributed by atoms with Crippen molar-refractivity contribution >= 4 is 5.69 Å². The number of hydrogen-bond donors (Lipinski definition) is 4. The van der Waals surface area contributed by atoms with E-state index in [-0.39, 0.29) is 12.4 Å². The van der Waals surface area contributed by atoms with Gasteiger partial charge in [0.25, 0.3) is 0 Å². The molecule has 1 aromatic rings. The summed E-state index contributed by atoms with van der Waals surface area (Å²) in [6.07, 6.45) is 0.403. The highest BCUT2D eigenvalue weighted by molar-refractivity contribution is 5.53. The predicted molar refractivity (Wildman–Crippen MR) is 55.8 cm³/mol. The van der Waals surface area contributed by atoms with E-state index in [0.29, 0.717) is 17.7 Å². The largest absolute Gasteiger partial charge is 0.508 e. The summed E-state index contributed by atoms with van der Waals surface area (Å²) in [5, 5.41) is 18.1. The number of nitrogens with two attached hydrogens (primary N) is 2. The number of aliphatic hydroxyl groups excluding tert-OH is 1. The average Bonchev–Trinajstić information content (AvgIpc) is 2.09. The molecular weight excluding hydrogens is 180 g/mol. The Morgan fingerprint density at radius 3 is 2.64 bits per heavy atom. The first-order chi connectivity index (χ1) is 6.47. The predicted octanol–water partition coefficient (Wildman–Crippen LogP) is 0.531. The number of anilines is 1. The Morgan fingerprint density at radius 1 is 1.43 bits per heavy atom. The van der Waals surface area contributed by atoms with Crippen molar-refractivity contribution in [2.75, 3.05) is 12.3 Å². The second kappa shape index (κ2) is 3.86. The van der Waals surface area contributed by atoms with Crippen LogP contribution in [0.2, 0.25) is 0 Å². The number of nitrogen functional groups attached to an aromatic ring is 1. The zero-order valence-corrected chi connectivity index (χ0v) is 8.20. The zero-order chi connectivity index (χ0) is 10.8. The van der Waals surface area contributed by atoms with Crippen LogP contribution in [0.4, 0.5) is 5.69 Å². The van der Waals surface area contributed by atoms with E-state index < -0.39 is 5.54 Å². The standard InChI is InChI=1S/C10H16N2O2/c1-10(12,4-5-13)8-6-7(14)2-3-9(8)11/h2-3,6,13-14H,4-5,11-12H2,1H3/t10-/m1/s1. The van der Waals surface area contributed by atoms with Gasteiger partial charge in [0.15, 0.2) is 0 Å². The van der Waals surface area contributed by atoms with Crippen LogP contribution in [0.25, 0.3) is 0 Å². The van der Waals surface area contributed by atoms with Gasteiger partial charge < -0.3 is 21.7 Å². The number of hydrogen-bond acceptors (Lipinski definition) is 4. The van der Waals surface area contributed by atoms with Gasteiger partial charge in [-0.05, 0) is 37.1 Å². The van der Waals surface area contributed by atoms with Gasteiger partial charge in [-0.15, -0.1) is 0 Å². The molecule has 1 atom stereocenters. The molecule has 0 radical (unpaired) electrons. The molecule has 1 aromatic carbocycles. The van der Waals surface area contributed by atoms with E-state index in [0.717, 1.165) is 0 Å². The zero-order valence-electron chi connectivity index (χ0n) is 8.20. The molecule has 0 saturated heterocycles. The second-order valence-corrected chi connectivity index (χ2v) is 3.66. The highest BCUT2D eigenvalue weighted by Gasteiger charge is 2.23. The molecule has 0 aliphatic rings. The van der Waals surface area contributed by atoms with Gasteiger partial charge in [-0.2, -0.15) is 0 Å². The summed E-state index contributed by atoms with van der Waals surface area (Å²) >= 11 is 0. The molecule has 6 N–H and O–H groups in total. The topological polar surface area (TPSA) is 92.5 Å². The van der Waals surface area contributed by atoms with Gasteiger partial charge in [0.1, 0.15) is 5.75 Å². The average molecular weight is 196 g/mol. The van der Waals surface area contributed by atoms with Crippen molar-refractivity contribution in [3.05, 3.63) is 23.8 Å². The maximum Gasteiger partial charge on any atom is 0.116 e. The fourth-order valence-corrected chi connectivity index (χ4v) is 1.41. The van der Waals surface area contributed by atoms with Crippen molar-refractivity contribution < 1.29 is 10.2 Å². The SMILES string of the molecule is C[C@@](N)(CCO)c1cc(O)ccc1N. The first-order valence-corrected chi connectivity index (χ1v) is 4.46. The van der Waals surface area contributed by atoms with Crippen LogP contribution in [-0.2, 0) is 5.54 Å². The van der Waals surface area contributed by atoms with E-state index >= 15 is 0 Å².